The standard InChI is InChI=1S/C29H49N.C28H47N/c1-26(2,3)29(8,28(6,7)27(4,5)23-16-10-9-11-17-23)20-14-15-22-21-30-25-19-13-12-18-24(22)25;1-24(2,3)27(8,15-12-16-28-17-20-29(21-18-28)22-19-28)26(6,7)25(4,5)23-13-10-9-11-14-23/h9-11,16-17,22,24-25,30H,12-15,18-21H2,1-8H3;9-11,13-14H,12,15-22H2,1-8H3. The molecule has 5 unspecified atom stereocenters. The van der Waals surface area contributed by atoms with E-state index in [4.69, 9.17) is 0 Å². The minimum Gasteiger partial charge on any atom is -0.313 e. The van der Waals surface area contributed by atoms with Gasteiger partial charge in [0, 0.05) is 6.04 Å². The van der Waals surface area contributed by atoms with Crippen LogP contribution in [0.25, 0.3) is 0 Å². The van der Waals surface area contributed by atoms with Gasteiger partial charge in [0.1, 0.15) is 0 Å². The third-order valence-electron chi connectivity index (χ3n) is 20.8. The highest BCUT2D eigenvalue weighted by molar-refractivity contribution is 5.29. The minimum atomic E-state index is 0.111. The summed E-state index contributed by atoms with van der Waals surface area (Å²) in [6.07, 6.45) is 18.3. The second-order valence-electron chi connectivity index (χ2n) is 25.5. The number of benzene rings is 2. The van der Waals surface area contributed by atoms with E-state index in [-0.39, 0.29) is 43.3 Å². The van der Waals surface area contributed by atoms with Gasteiger partial charge in [-0.1, -0.05) is 197 Å². The quantitative estimate of drug-likeness (QED) is 0.205. The number of hydrogen-bond acceptors (Lipinski definition) is 2. The fraction of sp³-hybridized carbons (Fsp3) is 0.789. The monoisotopic (exact) mass is 809 g/mol. The summed E-state index contributed by atoms with van der Waals surface area (Å²) in [6, 6.07) is 23.3. The van der Waals surface area contributed by atoms with Gasteiger partial charge in [-0.2, -0.15) is 0 Å². The molecule has 59 heavy (non-hydrogen) atoms. The van der Waals surface area contributed by atoms with E-state index >= 15 is 0 Å². The van der Waals surface area contributed by atoms with Crippen LogP contribution in [0.2, 0.25) is 0 Å². The summed E-state index contributed by atoms with van der Waals surface area (Å²) >= 11 is 0. The molecule has 2 aromatic carbocycles. The predicted octanol–water partition coefficient (Wildman–Crippen LogP) is 15.7. The molecule has 1 saturated carbocycles. The molecule has 4 aliphatic heterocycles. The Morgan fingerprint density at radius 3 is 1.42 bits per heavy atom. The van der Waals surface area contributed by atoms with E-state index in [9.17, 15) is 0 Å². The van der Waals surface area contributed by atoms with Crippen molar-refractivity contribution in [2.24, 2.45) is 49.7 Å². The third kappa shape index (κ3) is 9.36. The van der Waals surface area contributed by atoms with Crippen LogP contribution in [0.15, 0.2) is 60.7 Å². The fourth-order valence-electron chi connectivity index (χ4n) is 13.6. The zero-order valence-corrected chi connectivity index (χ0v) is 42.0. The molecular formula is C57H96N2. The zero-order valence-electron chi connectivity index (χ0n) is 42.0. The van der Waals surface area contributed by atoms with Crippen molar-refractivity contribution < 1.29 is 0 Å². The van der Waals surface area contributed by atoms with E-state index in [2.05, 4.69) is 182 Å². The number of fused-ring (bicyclic) bond motifs is 4. The first-order chi connectivity index (χ1) is 27.3. The summed E-state index contributed by atoms with van der Waals surface area (Å²) < 4.78 is 0. The molecule has 5 fully saturated rings. The van der Waals surface area contributed by atoms with Crippen LogP contribution in [-0.2, 0) is 10.8 Å². The predicted molar refractivity (Wildman–Crippen MR) is 259 cm³/mol. The summed E-state index contributed by atoms with van der Waals surface area (Å²) in [7, 11) is 0. The number of rotatable bonds is 14. The molecule has 2 bridgehead atoms. The Kier molecular flexibility index (Phi) is 14.6. The Hall–Kier alpha value is -1.64. The molecule has 7 rings (SSSR count). The lowest BCUT2D eigenvalue weighted by molar-refractivity contribution is -0.0813. The average molecular weight is 809 g/mol. The van der Waals surface area contributed by atoms with Crippen molar-refractivity contribution in [3.63, 3.8) is 0 Å². The molecule has 2 heteroatoms. The van der Waals surface area contributed by atoms with E-state index in [1.807, 2.05) is 0 Å². The molecule has 5 aliphatic rings. The largest absolute Gasteiger partial charge is 0.313 e. The van der Waals surface area contributed by atoms with E-state index < -0.39 is 0 Å². The Bertz CT molecular complexity index is 1580. The van der Waals surface area contributed by atoms with Crippen molar-refractivity contribution in [2.75, 3.05) is 26.2 Å². The highest BCUT2D eigenvalue weighted by Gasteiger charge is 2.57. The second-order valence-corrected chi connectivity index (χ2v) is 25.5. The van der Waals surface area contributed by atoms with Gasteiger partial charge in [0.25, 0.3) is 0 Å². The molecule has 0 spiro atoms. The molecule has 4 heterocycles. The first kappa shape index (κ1) is 48.4. The maximum atomic E-state index is 3.86. The van der Waals surface area contributed by atoms with E-state index in [0.717, 1.165) is 17.9 Å². The molecule has 0 radical (unpaired) electrons. The smallest absolute Gasteiger partial charge is 0.00985 e. The number of nitrogens with zero attached hydrogens (tertiary/aromatic N) is 1. The summed E-state index contributed by atoms with van der Waals surface area (Å²) in [5.74, 6) is 1.86. The van der Waals surface area contributed by atoms with Crippen molar-refractivity contribution >= 4 is 0 Å². The van der Waals surface area contributed by atoms with Crippen molar-refractivity contribution in [3.05, 3.63) is 71.8 Å². The normalized spacial score (nSPS) is 27.6. The van der Waals surface area contributed by atoms with Crippen LogP contribution in [0, 0.1) is 49.7 Å². The van der Waals surface area contributed by atoms with E-state index in [1.165, 1.54) is 121 Å². The van der Waals surface area contributed by atoms with Crippen molar-refractivity contribution in [2.45, 2.75) is 211 Å². The zero-order chi connectivity index (χ0) is 43.8. The Morgan fingerprint density at radius 1 is 0.559 bits per heavy atom. The summed E-state index contributed by atoms with van der Waals surface area (Å²) in [5.41, 5.74) is 5.18. The molecule has 0 aromatic heterocycles. The number of piperidine rings is 3. The van der Waals surface area contributed by atoms with E-state index in [0.29, 0.717) is 5.41 Å². The van der Waals surface area contributed by atoms with Crippen LogP contribution < -0.4 is 5.32 Å². The first-order valence-corrected chi connectivity index (χ1v) is 24.8. The van der Waals surface area contributed by atoms with Crippen molar-refractivity contribution in [1.82, 2.24) is 10.2 Å². The average Bonchev–Trinajstić information content (AvgIpc) is 3.61. The lowest BCUT2D eigenvalue weighted by Crippen LogP contribution is -2.54. The minimum absolute atomic E-state index is 0.111. The number of hydrogen-bond donors (Lipinski definition) is 1. The third-order valence-corrected chi connectivity index (χ3v) is 20.8. The van der Waals surface area contributed by atoms with Gasteiger partial charge >= 0.3 is 0 Å². The lowest BCUT2D eigenvalue weighted by Gasteiger charge is -2.60. The maximum Gasteiger partial charge on any atom is 0.00985 e. The summed E-state index contributed by atoms with van der Waals surface area (Å²) in [4.78, 5) is 2.67. The fourth-order valence-corrected chi connectivity index (χ4v) is 13.6. The van der Waals surface area contributed by atoms with Gasteiger partial charge in [0.05, 0.1) is 0 Å². The van der Waals surface area contributed by atoms with Gasteiger partial charge < -0.3 is 10.2 Å². The van der Waals surface area contributed by atoms with Gasteiger partial charge in [-0.15, -0.1) is 0 Å². The number of nitrogens with one attached hydrogen (secondary N) is 1. The molecule has 4 saturated heterocycles. The summed E-state index contributed by atoms with van der Waals surface area (Å²) in [5, 5.41) is 3.86. The van der Waals surface area contributed by atoms with Gasteiger partial charge in [-0.05, 0) is 156 Å². The molecular weight excluding hydrogens is 713 g/mol. The van der Waals surface area contributed by atoms with Crippen molar-refractivity contribution in [1.29, 1.82) is 0 Å². The SMILES string of the molecule is CC(C)(C)C(C)(CCCC12CCN(CC1)CC2)C(C)(C)C(C)(C)c1ccccc1.CC(C)(C)C(C)(CCCC1CNC2CCCCC12)C(C)(C)C(C)(C)c1ccccc1. The maximum absolute atomic E-state index is 3.86. The topological polar surface area (TPSA) is 15.3 Å². The van der Waals surface area contributed by atoms with Crippen LogP contribution in [-0.4, -0.2) is 37.1 Å². The molecule has 2 nitrogen and oxygen atoms in total. The van der Waals surface area contributed by atoms with Gasteiger partial charge in [-0.3, -0.25) is 0 Å². The lowest BCUT2D eigenvalue weighted by atomic mass is 9.44. The Labute approximate surface area is 367 Å². The Balaban J connectivity index is 0.000000224. The Morgan fingerprint density at radius 2 is 0.983 bits per heavy atom. The molecule has 334 valence electrons. The molecule has 1 N–H and O–H groups in total. The van der Waals surface area contributed by atoms with Gasteiger partial charge in [0.15, 0.2) is 0 Å². The molecule has 1 aliphatic carbocycles. The van der Waals surface area contributed by atoms with Gasteiger partial charge in [-0.25, -0.2) is 0 Å². The first-order valence-electron chi connectivity index (χ1n) is 24.8. The molecule has 2 aromatic rings. The van der Waals surface area contributed by atoms with Crippen LogP contribution in [0.3, 0.4) is 0 Å². The highest BCUT2D eigenvalue weighted by atomic mass is 15.1. The van der Waals surface area contributed by atoms with Crippen molar-refractivity contribution in [3.8, 4) is 0 Å². The second kappa shape index (κ2) is 17.9. The van der Waals surface area contributed by atoms with Crippen LogP contribution in [0.1, 0.15) is 205 Å². The van der Waals surface area contributed by atoms with Crippen LogP contribution >= 0.6 is 0 Å². The van der Waals surface area contributed by atoms with Gasteiger partial charge in [0.2, 0.25) is 0 Å². The van der Waals surface area contributed by atoms with E-state index in [1.54, 1.807) is 0 Å². The molecule has 5 atom stereocenters. The molecule has 0 amide bonds. The van der Waals surface area contributed by atoms with Crippen LogP contribution in [0.4, 0.5) is 0 Å². The summed E-state index contributed by atoms with van der Waals surface area (Å²) in [6.45, 7) is 45.4. The van der Waals surface area contributed by atoms with Crippen LogP contribution in [0.5, 0.6) is 0 Å². The highest BCUT2D eigenvalue weighted by Crippen LogP contribution is 2.64.